The van der Waals surface area contributed by atoms with Gasteiger partial charge in [0.25, 0.3) is 11.7 Å². The molecule has 2 aliphatic heterocycles. The molecule has 1 amide bonds. The maximum atomic E-state index is 13.2. The second kappa shape index (κ2) is 9.10. The molecule has 1 fully saturated rings. The average Bonchev–Trinajstić information content (AvgIpc) is 3.13. The zero-order chi connectivity index (χ0) is 24.5. The molecule has 1 saturated heterocycles. The minimum absolute atomic E-state index is 0.0278. The molecule has 0 radical (unpaired) electrons. The van der Waals surface area contributed by atoms with E-state index in [0.717, 1.165) is 24.2 Å². The summed E-state index contributed by atoms with van der Waals surface area (Å²) in [6.45, 7) is 0.726. The Morgan fingerprint density at radius 2 is 1.66 bits per heavy atom. The third kappa shape index (κ3) is 4.17. The third-order valence-corrected chi connectivity index (χ3v) is 6.39. The van der Waals surface area contributed by atoms with Gasteiger partial charge in [0.2, 0.25) is 0 Å². The van der Waals surface area contributed by atoms with Crippen molar-refractivity contribution < 1.29 is 29.3 Å². The first-order valence-corrected chi connectivity index (χ1v) is 11.4. The van der Waals surface area contributed by atoms with Gasteiger partial charge >= 0.3 is 5.97 Å². The summed E-state index contributed by atoms with van der Waals surface area (Å²) in [6.07, 6.45) is 1.67. The van der Waals surface area contributed by atoms with E-state index < -0.39 is 23.7 Å². The van der Waals surface area contributed by atoms with Gasteiger partial charge in [-0.05, 0) is 59.9 Å². The number of aliphatic hydroxyl groups is 1. The maximum absolute atomic E-state index is 13.2. The van der Waals surface area contributed by atoms with E-state index in [1.807, 2.05) is 36.4 Å². The summed E-state index contributed by atoms with van der Waals surface area (Å²) in [5.41, 5.74) is 2.93. The fourth-order valence-corrected chi connectivity index (χ4v) is 4.64. The number of ketones is 1. The van der Waals surface area contributed by atoms with Crippen LogP contribution in [0.1, 0.15) is 45.1 Å². The van der Waals surface area contributed by atoms with Crippen LogP contribution in [0.3, 0.4) is 0 Å². The third-order valence-electron chi connectivity index (χ3n) is 6.39. The van der Waals surface area contributed by atoms with Gasteiger partial charge in [0, 0.05) is 12.1 Å². The smallest absolute Gasteiger partial charge is 0.335 e. The number of hydrogen-bond donors (Lipinski definition) is 2. The van der Waals surface area contributed by atoms with Crippen molar-refractivity contribution in [2.24, 2.45) is 0 Å². The van der Waals surface area contributed by atoms with Gasteiger partial charge in [-0.15, -0.1) is 0 Å². The Labute approximate surface area is 201 Å². The average molecular weight is 469 g/mol. The number of Topliss-reactive ketones (excluding diaryl/α,β-unsaturated/α-hetero) is 1. The van der Waals surface area contributed by atoms with E-state index in [0.29, 0.717) is 23.3 Å². The number of amides is 1. The number of carbonyl (C=O) groups excluding carboxylic acids is 2. The zero-order valence-corrected chi connectivity index (χ0v) is 18.8. The minimum Gasteiger partial charge on any atom is -0.507 e. The SMILES string of the molecule is O=C1C(=O)N(Cc2ccc(C(=O)O)cc2)C(c2ccccc2)/C1=C(/O)c1ccc2c(c1)CCCO2. The molecule has 7 heteroatoms. The lowest BCUT2D eigenvalue weighted by atomic mass is 9.94. The van der Waals surface area contributed by atoms with E-state index in [1.165, 1.54) is 17.0 Å². The highest BCUT2D eigenvalue weighted by Gasteiger charge is 2.46. The van der Waals surface area contributed by atoms with Crippen LogP contribution in [-0.2, 0) is 22.6 Å². The standard InChI is InChI=1S/C28H23NO6/c30-25(21-12-13-22-20(15-21)7-4-14-35-22)23-24(18-5-2-1-3-6-18)29(27(32)26(23)31)16-17-8-10-19(11-9-17)28(33)34/h1-3,5-6,8-13,15,24,30H,4,7,14,16H2,(H,33,34)/b25-23-. The predicted octanol–water partition coefficient (Wildman–Crippen LogP) is 4.33. The van der Waals surface area contributed by atoms with Crippen LogP contribution in [0, 0.1) is 0 Å². The normalized spacial score (nSPS) is 18.7. The molecule has 3 aromatic rings. The Balaban J connectivity index is 1.58. The molecule has 2 N–H and O–H groups in total. The van der Waals surface area contributed by atoms with Gasteiger partial charge in [0.15, 0.2) is 0 Å². The first kappa shape index (κ1) is 22.4. The van der Waals surface area contributed by atoms with Gasteiger partial charge in [-0.1, -0.05) is 42.5 Å². The number of carbonyl (C=O) groups is 3. The fourth-order valence-electron chi connectivity index (χ4n) is 4.64. The molecule has 1 unspecified atom stereocenters. The molecule has 3 aromatic carbocycles. The summed E-state index contributed by atoms with van der Waals surface area (Å²) in [7, 11) is 0. The van der Waals surface area contributed by atoms with Crippen molar-refractivity contribution in [3.8, 4) is 5.75 Å². The highest BCUT2D eigenvalue weighted by Crippen LogP contribution is 2.41. The lowest BCUT2D eigenvalue weighted by molar-refractivity contribution is -0.140. The van der Waals surface area contributed by atoms with Crippen LogP contribution in [0.5, 0.6) is 5.75 Å². The quantitative estimate of drug-likeness (QED) is 0.327. The number of nitrogens with zero attached hydrogens (tertiary/aromatic N) is 1. The van der Waals surface area contributed by atoms with Crippen molar-refractivity contribution in [1.29, 1.82) is 0 Å². The molecule has 0 saturated carbocycles. The predicted molar refractivity (Wildman–Crippen MR) is 128 cm³/mol. The van der Waals surface area contributed by atoms with Gasteiger partial charge in [0.1, 0.15) is 11.5 Å². The molecule has 5 rings (SSSR count). The number of aromatic carboxylic acids is 1. The van der Waals surface area contributed by atoms with Gasteiger partial charge in [0.05, 0.1) is 23.8 Å². The molecule has 0 spiro atoms. The first-order chi connectivity index (χ1) is 16.9. The molecule has 0 aromatic heterocycles. The van der Waals surface area contributed by atoms with E-state index in [2.05, 4.69) is 0 Å². The van der Waals surface area contributed by atoms with Gasteiger partial charge in [-0.25, -0.2) is 4.79 Å². The number of carboxylic acids is 1. The van der Waals surface area contributed by atoms with Crippen molar-refractivity contribution in [3.05, 3.63) is 106 Å². The van der Waals surface area contributed by atoms with Gasteiger partial charge in [-0.2, -0.15) is 0 Å². The molecule has 1 atom stereocenters. The van der Waals surface area contributed by atoms with E-state index in [4.69, 9.17) is 9.84 Å². The van der Waals surface area contributed by atoms with Crippen molar-refractivity contribution in [2.45, 2.75) is 25.4 Å². The molecule has 2 aliphatic rings. The molecule has 7 nitrogen and oxygen atoms in total. The number of ether oxygens (including phenoxy) is 1. The minimum atomic E-state index is -1.04. The van der Waals surface area contributed by atoms with Crippen LogP contribution in [0.15, 0.2) is 78.4 Å². The number of benzene rings is 3. The summed E-state index contributed by atoms with van der Waals surface area (Å²) in [4.78, 5) is 39.0. The largest absolute Gasteiger partial charge is 0.507 e. The van der Waals surface area contributed by atoms with E-state index >= 15 is 0 Å². The summed E-state index contributed by atoms with van der Waals surface area (Å²) < 4.78 is 5.66. The highest BCUT2D eigenvalue weighted by molar-refractivity contribution is 6.46. The van der Waals surface area contributed by atoms with Crippen LogP contribution in [0.25, 0.3) is 5.76 Å². The van der Waals surface area contributed by atoms with Crippen LogP contribution in [0.4, 0.5) is 0 Å². The maximum Gasteiger partial charge on any atom is 0.335 e. The molecule has 0 bridgehead atoms. The van der Waals surface area contributed by atoms with Crippen LogP contribution in [-0.4, -0.2) is 39.4 Å². The highest BCUT2D eigenvalue weighted by atomic mass is 16.5. The number of likely N-dealkylation sites (tertiary alicyclic amines) is 1. The molecule has 0 aliphatic carbocycles. The lowest BCUT2D eigenvalue weighted by Crippen LogP contribution is -2.29. The summed E-state index contributed by atoms with van der Waals surface area (Å²) >= 11 is 0. The molecule has 2 heterocycles. The number of aryl methyl sites for hydroxylation is 1. The Morgan fingerprint density at radius 3 is 2.37 bits per heavy atom. The lowest BCUT2D eigenvalue weighted by Gasteiger charge is -2.25. The first-order valence-electron chi connectivity index (χ1n) is 11.4. The number of rotatable bonds is 5. The van der Waals surface area contributed by atoms with E-state index in [9.17, 15) is 19.5 Å². The monoisotopic (exact) mass is 469 g/mol. The Morgan fingerprint density at radius 1 is 0.943 bits per heavy atom. The summed E-state index contributed by atoms with van der Waals surface area (Å²) in [5.74, 6) is -1.99. The van der Waals surface area contributed by atoms with Crippen molar-refractivity contribution in [2.75, 3.05) is 6.61 Å². The van der Waals surface area contributed by atoms with Crippen LogP contribution in [0.2, 0.25) is 0 Å². The summed E-state index contributed by atoms with van der Waals surface area (Å²) in [5, 5.41) is 20.5. The second-order valence-electron chi connectivity index (χ2n) is 8.61. The Bertz CT molecular complexity index is 1340. The number of carboxylic acid groups (broad SMARTS) is 1. The second-order valence-corrected chi connectivity index (χ2v) is 8.61. The Hall–Kier alpha value is -4.39. The Kier molecular flexibility index (Phi) is 5.82. The van der Waals surface area contributed by atoms with Crippen LogP contribution >= 0.6 is 0 Å². The van der Waals surface area contributed by atoms with Crippen molar-refractivity contribution in [3.63, 3.8) is 0 Å². The van der Waals surface area contributed by atoms with E-state index in [-0.39, 0.29) is 23.4 Å². The molecular weight excluding hydrogens is 446 g/mol. The number of hydrogen-bond acceptors (Lipinski definition) is 5. The van der Waals surface area contributed by atoms with Gasteiger partial charge < -0.3 is 19.8 Å². The van der Waals surface area contributed by atoms with Gasteiger partial charge in [-0.3, -0.25) is 9.59 Å². The summed E-state index contributed by atoms with van der Waals surface area (Å²) in [6, 6.07) is 19.7. The number of fused-ring (bicyclic) bond motifs is 1. The zero-order valence-electron chi connectivity index (χ0n) is 18.8. The van der Waals surface area contributed by atoms with E-state index in [1.54, 1.807) is 24.3 Å². The topological polar surface area (TPSA) is 104 Å². The molecule has 35 heavy (non-hydrogen) atoms. The molecule has 176 valence electrons. The molecular formula is C28H23NO6. The number of aliphatic hydroxyl groups excluding tert-OH is 1. The van der Waals surface area contributed by atoms with Crippen molar-refractivity contribution in [1.82, 2.24) is 4.90 Å². The van der Waals surface area contributed by atoms with Crippen LogP contribution < -0.4 is 4.74 Å². The van der Waals surface area contributed by atoms with Crippen molar-refractivity contribution >= 4 is 23.4 Å². The fraction of sp³-hybridized carbons (Fsp3) is 0.179.